The van der Waals surface area contributed by atoms with E-state index in [1.165, 1.54) is 6.08 Å². The molecular formula is C28H24Cl2O3. The quantitative estimate of drug-likeness (QED) is 0.307. The zero-order valence-corrected chi connectivity index (χ0v) is 19.5. The van der Waals surface area contributed by atoms with Crippen molar-refractivity contribution < 1.29 is 14.7 Å². The minimum absolute atomic E-state index is 0.125. The van der Waals surface area contributed by atoms with Crippen molar-refractivity contribution in [2.45, 2.75) is 24.7 Å². The second kappa shape index (κ2) is 11.6. The molecule has 0 aliphatic carbocycles. The van der Waals surface area contributed by atoms with Crippen LogP contribution in [-0.4, -0.2) is 16.9 Å². The molecule has 0 amide bonds. The summed E-state index contributed by atoms with van der Waals surface area (Å²) in [5.41, 5.74) is 1.51. The molecule has 0 fully saturated rings. The Morgan fingerprint density at radius 2 is 1.55 bits per heavy atom. The van der Waals surface area contributed by atoms with Gasteiger partial charge in [0.2, 0.25) is 0 Å². The van der Waals surface area contributed by atoms with Gasteiger partial charge in [-0.05, 0) is 59.9 Å². The fourth-order valence-electron chi connectivity index (χ4n) is 3.72. The molecule has 0 saturated carbocycles. The van der Waals surface area contributed by atoms with Crippen molar-refractivity contribution in [2.75, 3.05) is 0 Å². The third-order valence-electron chi connectivity index (χ3n) is 5.49. The number of carboxylic acid groups (broad SMARTS) is 1. The Morgan fingerprint density at radius 3 is 2.21 bits per heavy atom. The molecule has 0 radical (unpaired) electrons. The van der Waals surface area contributed by atoms with Gasteiger partial charge in [-0.2, -0.15) is 0 Å². The Kier molecular flexibility index (Phi) is 8.65. The molecule has 3 aromatic rings. The van der Waals surface area contributed by atoms with Gasteiger partial charge in [0, 0.05) is 16.5 Å². The fraction of sp³-hybridized carbons (Fsp3) is 0.143. The molecule has 0 bridgehead atoms. The average molecular weight is 479 g/mol. The summed E-state index contributed by atoms with van der Waals surface area (Å²) in [6.07, 6.45) is 7.48. The monoisotopic (exact) mass is 478 g/mol. The number of halogens is 2. The normalized spacial score (nSPS) is 13.3. The van der Waals surface area contributed by atoms with E-state index in [4.69, 9.17) is 23.2 Å². The molecule has 3 nitrogen and oxygen atoms in total. The first-order chi connectivity index (χ1) is 15.9. The number of aliphatic carboxylic acids is 1. The SMILES string of the molecule is O=C(O)CCC(C/C=C/c1cccc(Cl)c1)(C(=O)C=Cc1ccc(Cl)cc1)c1ccccc1. The lowest BCUT2D eigenvalue weighted by Crippen LogP contribution is -2.35. The van der Waals surface area contributed by atoms with Crippen LogP contribution in [0.1, 0.15) is 36.0 Å². The van der Waals surface area contributed by atoms with Crippen LogP contribution in [0.15, 0.2) is 91.0 Å². The molecule has 3 rings (SSSR count). The topological polar surface area (TPSA) is 54.4 Å². The van der Waals surface area contributed by atoms with Crippen LogP contribution in [-0.2, 0) is 15.0 Å². The molecule has 3 aromatic carbocycles. The maximum Gasteiger partial charge on any atom is 0.303 e. The summed E-state index contributed by atoms with van der Waals surface area (Å²) >= 11 is 12.0. The van der Waals surface area contributed by atoms with Gasteiger partial charge in [0.15, 0.2) is 5.78 Å². The lowest BCUT2D eigenvalue weighted by molar-refractivity contribution is -0.137. The molecule has 0 saturated heterocycles. The Hall–Kier alpha value is -3.14. The highest BCUT2D eigenvalue weighted by atomic mass is 35.5. The van der Waals surface area contributed by atoms with E-state index < -0.39 is 11.4 Å². The van der Waals surface area contributed by atoms with Crippen molar-refractivity contribution in [3.63, 3.8) is 0 Å². The van der Waals surface area contributed by atoms with Crippen LogP contribution in [0.4, 0.5) is 0 Å². The van der Waals surface area contributed by atoms with Gasteiger partial charge in [-0.25, -0.2) is 0 Å². The Balaban J connectivity index is 1.98. The number of rotatable bonds is 10. The molecule has 5 heteroatoms. The van der Waals surface area contributed by atoms with Crippen LogP contribution < -0.4 is 0 Å². The summed E-state index contributed by atoms with van der Waals surface area (Å²) in [4.78, 5) is 25.1. The second-order valence-corrected chi connectivity index (χ2v) is 8.63. The maximum absolute atomic E-state index is 13.7. The van der Waals surface area contributed by atoms with E-state index in [-0.39, 0.29) is 18.6 Å². The molecule has 0 spiro atoms. The largest absolute Gasteiger partial charge is 0.481 e. The first-order valence-corrected chi connectivity index (χ1v) is 11.3. The van der Waals surface area contributed by atoms with Gasteiger partial charge in [0.25, 0.3) is 0 Å². The molecule has 0 aromatic heterocycles. The van der Waals surface area contributed by atoms with Gasteiger partial charge in [-0.3, -0.25) is 9.59 Å². The molecule has 0 heterocycles. The average Bonchev–Trinajstić information content (AvgIpc) is 2.81. The van der Waals surface area contributed by atoms with Crippen LogP contribution in [0.2, 0.25) is 10.0 Å². The first kappa shape index (κ1) is 24.5. The molecule has 0 aliphatic heterocycles. The van der Waals surface area contributed by atoms with E-state index in [1.807, 2.05) is 72.8 Å². The first-order valence-electron chi connectivity index (χ1n) is 10.6. The highest BCUT2D eigenvalue weighted by molar-refractivity contribution is 6.30. The molecule has 168 valence electrons. The lowest BCUT2D eigenvalue weighted by atomic mass is 9.70. The number of carbonyl (C=O) groups excluding carboxylic acids is 1. The van der Waals surface area contributed by atoms with Gasteiger partial charge in [-0.15, -0.1) is 0 Å². The number of hydrogen-bond donors (Lipinski definition) is 1. The van der Waals surface area contributed by atoms with Crippen molar-refractivity contribution in [3.05, 3.63) is 118 Å². The van der Waals surface area contributed by atoms with E-state index in [2.05, 4.69) is 0 Å². The molecule has 0 aliphatic rings. The maximum atomic E-state index is 13.7. The third-order valence-corrected chi connectivity index (χ3v) is 5.97. The van der Waals surface area contributed by atoms with Crippen LogP contribution in [0.25, 0.3) is 12.2 Å². The molecule has 1 unspecified atom stereocenters. The smallest absolute Gasteiger partial charge is 0.303 e. The Morgan fingerprint density at radius 1 is 0.818 bits per heavy atom. The van der Waals surface area contributed by atoms with E-state index in [1.54, 1.807) is 24.3 Å². The summed E-state index contributed by atoms with van der Waals surface area (Å²) in [7, 11) is 0. The number of ketones is 1. The lowest BCUT2D eigenvalue weighted by Gasteiger charge is -2.31. The van der Waals surface area contributed by atoms with Gasteiger partial charge in [-0.1, -0.05) is 96.0 Å². The summed E-state index contributed by atoms with van der Waals surface area (Å²) < 4.78 is 0. The van der Waals surface area contributed by atoms with Crippen LogP contribution in [0.3, 0.4) is 0 Å². The van der Waals surface area contributed by atoms with E-state index in [9.17, 15) is 14.7 Å². The van der Waals surface area contributed by atoms with E-state index in [0.29, 0.717) is 16.5 Å². The highest BCUT2D eigenvalue weighted by Crippen LogP contribution is 2.36. The Labute approximate surface area is 204 Å². The zero-order valence-electron chi connectivity index (χ0n) is 18.0. The summed E-state index contributed by atoms with van der Waals surface area (Å²) in [5.74, 6) is -1.09. The third kappa shape index (κ3) is 6.92. The van der Waals surface area contributed by atoms with Crippen LogP contribution in [0, 0.1) is 0 Å². The van der Waals surface area contributed by atoms with Gasteiger partial charge < -0.3 is 5.11 Å². The number of carbonyl (C=O) groups is 2. The van der Waals surface area contributed by atoms with Gasteiger partial charge >= 0.3 is 5.97 Å². The van der Waals surface area contributed by atoms with Crippen LogP contribution in [0.5, 0.6) is 0 Å². The van der Waals surface area contributed by atoms with Gasteiger partial charge in [0.05, 0.1) is 5.41 Å². The predicted octanol–water partition coefficient (Wildman–Crippen LogP) is 7.48. The number of allylic oxidation sites excluding steroid dienone is 2. The predicted molar refractivity (Wildman–Crippen MR) is 136 cm³/mol. The standard InChI is InChI=1S/C28H24Cl2O3/c29-24-14-11-21(12-15-24)13-16-26(31)28(19-17-27(32)33,23-8-2-1-3-9-23)18-5-7-22-6-4-10-25(30)20-22/h1-16,20H,17-19H2,(H,32,33)/b7-5+,16-13?. The molecule has 33 heavy (non-hydrogen) atoms. The molecule has 1 atom stereocenters. The van der Waals surface area contributed by atoms with Gasteiger partial charge in [0.1, 0.15) is 0 Å². The van der Waals surface area contributed by atoms with E-state index in [0.717, 1.165) is 16.7 Å². The van der Waals surface area contributed by atoms with Crippen molar-refractivity contribution in [3.8, 4) is 0 Å². The fourth-order valence-corrected chi connectivity index (χ4v) is 4.04. The number of hydrogen-bond acceptors (Lipinski definition) is 2. The minimum Gasteiger partial charge on any atom is -0.481 e. The van der Waals surface area contributed by atoms with Crippen molar-refractivity contribution in [2.24, 2.45) is 0 Å². The van der Waals surface area contributed by atoms with Crippen molar-refractivity contribution in [1.29, 1.82) is 0 Å². The molecule has 1 N–H and O–H groups in total. The minimum atomic E-state index is -1.02. The Bertz CT molecular complexity index is 1150. The molecular weight excluding hydrogens is 455 g/mol. The second-order valence-electron chi connectivity index (χ2n) is 7.75. The highest BCUT2D eigenvalue weighted by Gasteiger charge is 2.37. The van der Waals surface area contributed by atoms with Crippen LogP contribution >= 0.6 is 23.2 Å². The number of carboxylic acids is 1. The summed E-state index contributed by atoms with van der Waals surface area (Å²) in [5, 5.41) is 10.6. The van der Waals surface area contributed by atoms with E-state index >= 15 is 0 Å². The zero-order chi connectivity index (χ0) is 23.7. The summed E-state index contributed by atoms with van der Waals surface area (Å²) in [6.45, 7) is 0. The van der Waals surface area contributed by atoms with Crippen molar-refractivity contribution in [1.82, 2.24) is 0 Å². The summed E-state index contributed by atoms with van der Waals surface area (Å²) in [6, 6.07) is 23.9. The van der Waals surface area contributed by atoms with Crippen molar-refractivity contribution >= 4 is 47.1 Å². The number of benzene rings is 3.